The predicted octanol–water partition coefficient (Wildman–Crippen LogP) is 1.34. The van der Waals surface area contributed by atoms with Gasteiger partial charge in [0.1, 0.15) is 12.2 Å². The normalized spacial score (nSPS) is 15.1. The third-order valence-electron chi connectivity index (χ3n) is 4.47. The lowest BCUT2D eigenvalue weighted by Crippen LogP contribution is -2.31. The van der Waals surface area contributed by atoms with Crippen molar-refractivity contribution in [3.8, 4) is 0 Å². The summed E-state index contributed by atoms with van der Waals surface area (Å²) in [6.07, 6.45) is 7.49. The molecule has 0 bridgehead atoms. The van der Waals surface area contributed by atoms with E-state index >= 15 is 0 Å². The summed E-state index contributed by atoms with van der Waals surface area (Å²) < 4.78 is 3.61. The number of imidazole rings is 1. The lowest BCUT2D eigenvalue weighted by Gasteiger charge is -2.18. The molecule has 8 heteroatoms. The molecule has 2 heterocycles. The summed E-state index contributed by atoms with van der Waals surface area (Å²) in [5, 5.41) is 14.2. The standard InChI is InChI=1S/C17H19N7O/c1-23-9-8-18-16(23)15(13-6-7-13)20-17(25)14-4-2-12(3-5-14)10-24-11-19-21-22-24/h2-5,8-9,11,13,15H,6-7,10H2,1H3,(H,20,25)/t15-/m1/s1. The second-order valence-electron chi connectivity index (χ2n) is 6.39. The van der Waals surface area contributed by atoms with E-state index in [1.165, 1.54) is 0 Å². The fraction of sp³-hybridized carbons (Fsp3) is 0.353. The first-order valence-electron chi connectivity index (χ1n) is 8.28. The molecule has 0 saturated heterocycles. The van der Waals surface area contributed by atoms with E-state index in [1.54, 1.807) is 17.2 Å². The van der Waals surface area contributed by atoms with Gasteiger partial charge in [0, 0.05) is 25.0 Å². The van der Waals surface area contributed by atoms with Crippen LogP contribution in [0.5, 0.6) is 0 Å². The Labute approximate surface area is 144 Å². The van der Waals surface area contributed by atoms with Crippen LogP contribution in [0.15, 0.2) is 43.0 Å². The number of carbonyl (C=O) groups is 1. The van der Waals surface area contributed by atoms with Crippen molar-refractivity contribution in [2.45, 2.75) is 25.4 Å². The first-order chi connectivity index (χ1) is 12.2. The van der Waals surface area contributed by atoms with E-state index in [0.717, 1.165) is 24.2 Å². The summed E-state index contributed by atoms with van der Waals surface area (Å²) in [5.41, 5.74) is 1.67. The zero-order valence-electron chi connectivity index (χ0n) is 13.9. The fourth-order valence-corrected chi connectivity index (χ4v) is 2.93. The fourth-order valence-electron chi connectivity index (χ4n) is 2.93. The zero-order valence-corrected chi connectivity index (χ0v) is 13.9. The first-order valence-corrected chi connectivity index (χ1v) is 8.28. The molecule has 0 unspecified atom stereocenters. The highest BCUT2D eigenvalue weighted by Crippen LogP contribution is 2.40. The molecule has 1 N–H and O–H groups in total. The molecule has 8 nitrogen and oxygen atoms in total. The van der Waals surface area contributed by atoms with Gasteiger partial charge in [0.2, 0.25) is 0 Å². The maximum Gasteiger partial charge on any atom is 0.251 e. The third-order valence-corrected chi connectivity index (χ3v) is 4.47. The number of hydrogen-bond donors (Lipinski definition) is 1. The largest absolute Gasteiger partial charge is 0.342 e. The van der Waals surface area contributed by atoms with Crippen LogP contribution >= 0.6 is 0 Å². The predicted molar refractivity (Wildman–Crippen MR) is 89.5 cm³/mol. The number of benzene rings is 1. The summed E-state index contributed by atoms with van der Waals surface area (Å²) >= 11 is 0. The quantitative estimate of drug-likeness (QED) is 0.733. The molecule has 0 aliphatic heterocycles. The number of rotatable bonds is 6. The Kier molecular flexibility index (Phi) is 4.01. The van der Waals surface area contributed by atoms with E-state index < -0.39 is 0 Å². The molecule has 1 atom stereocenters. The number of nitrogens with one attached hydrogen (secondary N) is 1. The van der Waals surface area contributed by atoms with Crippen LogP contribution in [-0.2, 0) is 13.6 Å². The molecule has 0 radical (unpaired) electrons. The van der Waals surface area contributed by atoms with E-state index in [9.17, 15) is 4.79 Å². The zero-order chi connectivity index (χ0) is 17.2. The lowest BCUT2D eigenvalue weighted by molar-refractivity contribution is 0.0929. The summed E-state index contributed by atoms with van der Waals surface area (Å²) in [4.78, 5) is 17.0. The van der Waals surface area contributed by atoms with Gasteiger partial charge in [-0.25, -0.2) is 9.67 Å². The maximum atomic E-state index is 12.6. The Balaban J connectivity index is 1.46. The molecule has 1 aliphatic rings. The highest BCUT2D eigenvalue weighted by Gasteiger charge is 2.35. The summed E-state index contributed by atoms with van der Waals surface area (Å²) in [5.74, 6) is 1.31. The average Bonchev–Trinajstić information content (AvgIpc) is 3.17. The van der Waals surface area contributed by atoms with Crippen molar-refractivity contribution >= 4 is 5.91 Å². The molecule has 1 amide bonds. The smallest absolute Gasteiger partial charge is 0.251 e. The Hall–Kier alpha value is -3.03. The van der Waals surface area contributed by atoms with Gasteiger partial charge in [-0.15, -0.1) is 5.10 Å². The van der Waals surface area contributed by atoms with Crippen molar-refractivity contribution in [1.29, 1.82) is 0 Å². The summed E-state index contributed by atoms with van der Waals surface area (Å²) in [7, 11) is 1.96. The highest BCUT2D eigenvalue weighted by atomic mass is 16.1. The van der Waals surface area contributed by atoms with Crippen molar-refractivity contribution in [2.75, 3.05) is 0 Å². The van der Waals surface area contributed by atoms with Gasteiger partial charge in [0.15, 0.2) is 0 Å². The SMILES string of the molecule is Cn1ccnc1[C@H](NC(=O)c1ccc(Cn2cnnn2)cc1)C1CC1. The van der Waals surface area contributed by atoms with Crippen molar-refractivity contribution in [3.05, 3.63) is 59.9 Å². The molecule has 25 heavy (non-hydrogen) atoms. The second-order valence-corrected chi connectivity index (χ2v) is 6.39. The molecule has 1 saturated carbocycles. The van der Waals surface area contributed by atoms with Gasteiger partial charge in [-0.2, -0.15) is 0 Å². The van der Waals surface area contributed by atoms with Crippen LogP contribution in [0, 0.1) is 5.92 Å². The minimum atomic E-state index is -0.0751. The molecule has 4 rings (SSSR count). The van der Waals surface area contributed by atoms with E-state index in [4.69, 9.17) is 0 Å². The number of hydrogen-bond acceptors (Lipinski definition) is 5. The minimum Gasteiger partial charge on any atom is -0.342 e. The maximum absolute atomic E-state index is 12.6. The van der Waals surface area contributed by atoms with E-state index in [0.29, 0.717) is 18.0 Å². The molecule has 128 valence electrons. The van der Waals surface area contributed by atoms with Gasteiger partial charge >= 0.3 is 0 Å². The van der Waals surface area contributed by atoms with Gasteiger partial charge in [-0.05, 0) is 46.9 Å². The minimum absolute atomic E-state index is 0.0339. The number of carbonyl (C=O) groups excluding carboxylic acids is 1. The third kappa shape index (κ3) is 3.42. The van der Waals surface area contributed by atoms with E-state index in [1.807, 2.05) is 42.1 Å². The van der Waals surface area contributed by atoms with Crippen molar-refractivity contribution in [3.63, 3.8) is 0 Å². The molecule has 3 aromatic rings. The van der Waals surface area contributed by atoms with Crippen LogP contribution < -0.4 is 5.32 Å². The topological polar surface area (TPSA) is 90.5 Å². The lowest BCUT2D eigenvalue weighted by atomic mass is 10.1. The number of nitrogens with zero attached hydrogens (tertiary/aromatic N) is 6. The van der Waals surface area contributed by atoms with Gasteiger partial charge in [0.05, 0.1) is 12.6 Å². The number of tetrazole rings is 1. The van der Waals surface area contributed by atoms with Crippen LogP contribution in [0.2, 0.25) is 0 Å². The van der Waals surface area contributed by atoms with Gasteiger partial charge < -0.3 is 9.88 Å². The number of aryl methyl sites for hydroxylation is 1. The average molecular weight is 337 g/mol. The second kappa shape index (κ2) is 6.46. The first kappa shape index (κ1) is 15.5. The van der Waals surface area contributed by atoms with E-state index in [2.05, 4.69) is 25.8 Å². The van der Waals surface area contributed by atoms with Crippen molar-refractivity contribution in [2.24, 2.45) is 13.0 Å². The Morgan fingerprint density at radius 1 is 1.32 bits per heavy atom. The molecule has 1 aromatic carbocycles. The van der Waals surface area contributed by atoms with Crippen LogP contribution in [0.3, 0.4) is 0 Å². The Morgan fingerprint density at radius 3 is 2.72 bits per heavy atom. The molecule has 0 spiro atoms. The summed E-state index contributed by atoms with van der Waals surface area (Å²) in [6.45, 7) is 0.576. The van der Waals surface area contributed by atoms with Crippen LogP contribution in [-0.4, -0.2) is 35.7 Å². The Morgan fingerprint density at radius 2 is 2.12 bits per heavy atom. The monoisotopic (exact) mass is 337 g/mol. The van der Waals surface area contributed by atoms with Gasteiger partial charge in [0.25, 0.3) is 5.91 Å². The van der Waals surface area contributed by atoms with Crippen LogP contribution in [0.1, 0.15) is 40.6 Å². The number of aromatic nitrogens is 6. The van der Waals surface area contributed by atoms with E-state index in [-0.39, 0.29) is 11.9 Å². The van der Waals surface area contributed by atoms with Gasteiger partial charge in [-0.3, -0.25) is 4.79 Å². The highest BCUT2D eigenvalue weighted by molar-refractivity contribution is 5.94. The van der Waals surface area contributed by atoms with Crippen molar-refractivity contribution < 1.29 is 4.79 Å². The summed E-state index contributed by atoms with van der Waals surface area (Å²) in [6, 6.07) is 7.47. The molecule has 1 fully saturated rings. The molecular weight excluding hydrogens is 318 g/mol. The van der Waals surface area contributed by atoms with Gasteiger partial charge in [-0.1, -0.05) is 12.1 Å². The van der Waals surface area contributed by atoms with Crippen LogP contribution in [0.25, 0.3) is 0 Å². The Bertz CT molecular complexity index is 850. The number of amides is 1. The molecule has 1 aliphatic carbocycles. The van der Waals surface area contributed by atoms with Crippen LogP contribution in [0.4, 0.5) is 0 Å². The molecule has 2 aromatic heterocycles. The molecular formula is C17H19N7O. The van der Waals surface area contributed by atoms with Crippen molar-refractivity contribution in [1.82, 2.24) is 35.1 Å².